The van der Waals surface area contributed by atoms with Crippen LogP contribution in [0.5, 0.6) is 5.75 Å². The van der Waals surface area contributed by atoms with Crippen LogP contribution >= 0.6 is 10.7 Å². The molecule has 0 unspecified atom stereocenters. The van der Waals surface area contributed by atoms with Crippen LogP contribution < -0.4 is 10.1 Å². The van der Waals surface area contributed by atoms with E-state index in [-0.39, 0.29) is 5.69 Å². The number of halogens is 1. The third-order valence-corrected chi connectivity index (χ3v) is 3.35. The zero-order valence-electron chi connectivity index (χ0n) is 9.84. The first-order valence-corrected chi connectivity index (χ1v) is 7.06. The van der Waals surface area contributed by atoms with Gasteiger partial charge in [0.15, 0.2) is 0 Å². The van der Waals surface area contributed by atoms with Crippen molar-refractivity contribution in [3.05, 3.63) is 22.2 Å². The maximum atomic E-state index is 11.4. The van der Waals surface area contributed by atoms with E-state index in [1.807, 2.05) is 0 Å². The van der Waals surface area contributed by atoms with Crippen LogP contribution in [0.3, 0.4) is 0 Å². The third kappa shape index (κ3) is 3.55. The summed E-state index contributed by atoms with van der Waals surface area (Å²) in [5.41, 5.74) is -0.688. The maximum absolute atomic E-state index is 11.4. The molecule has 1 amide bonds. The van der Waals surface area contributed by atoms with Gasteiger partial charge >= 0.3 is 5.69 Å². The summed E-state index contributed by atoms with van der Waals surface area (Å²) in [6.07, 6.45) is 0. The van der Waals surface area contributed by atoms with Crippen molar-refractivity contribution in [3.63, 3.8) is 0 Å². The first kappa shape index (κ1) is 15.2. The van der Waals surface area contributed by atoms with E-state index >= 15 is 0 Å². The van der Waals surface area contributed by atoms with E-state index in [0.717, 1.165) is 19.2 Å². The van der Waals surface area contributed by atoms with Crippen LogP contribution in [0.2, 0.25) is 0 Å². The molecule has 1 aromatic carbocycles. The van der Waals surface area contributed by atoms with E-state index in [2.05, 4.69) is 5.32 Å². The minimum atomic E-state index is -4.27. The Balaban J connectivity index is 3.64. The smallest absolute Gasteiger partial charge is 0.314 e. The number of carbonyl (C=O) groups excluding carboxylic acids is 1. The van der Waals surface area contributed by atoms with E-state index in [0.29, 0.717) is 0 Å². The largest absolute Gasteiger partial charge is 0.489 e. The first-order valence-electron chi connectivity index (χ1n) is 4.75. The van der Waals surface area contributed by atoms with Gasteiger partial charge in [-0.15, -0.1) is 0 Å². The van der Waals surface area contributed by atoms with Gasteiger partial charge in [0.1, 0.15) is 4.90 Å². The van der Waals surface area contributed by atoms with Crippen molar-refractivity contribution < 1.29 is 22.9 Å². The molecule has 1 aromatic rings. The van der Waals surface area contributed by atoms with Gasteiger partial charge in [-0.2, -0.15) is 0 Å². The summed E-state index contributed by atoms with van der Waals surface area (Å²) >= 11 is 0. The van der Waals surface area contributed by atoms with Gasteiger partial charge in [-0.1, -0.05) is 0 Å². The van der Waals surface area contributed by atoms with Crippen molar-refractivity contribution in [1.82, 2.24) is 0 Å². The Hall–Kier alpha value is -1.87. The Morgan fingerprint density at radius 1 is 1.47 bits per heavy atom. The van der Waals surface area contributed by atoms with Gasteiger partial charge in [0.25, 0.3) is 9.05 Å². The summed E-state index contributed by atoms with van der Waals surface area (Å²) in [7, 11) is 1.99. The second-order valence-corrected chi connectivity index (χ2v) is 5.94. The van der Waals surface area contributed by atoms with Gasteiger partial charge in [0.2, 0.25) is 11.7 Å². The summed E-state index contributed by atoms with van der Waals surface area (Å²) in [5, 5.41) is 13.1. The molecule has 1 rings (SSSR count). The SMILES string of the molecule is COc1c([N+](=O)[O-])cc(NC(C)=O)cc1S(=O)(=O)Cl. The predicted octanol–water partition coefficient (Wildman–Crippen LogP) is 1.49. The van der Waals surface area contributed by atoms with Gasteiger partial charge in [-0.25, -0.2) is 8.42 Å². The summed E-state index contributed by atoms with van der Waals surface area (Å²) in [5.74, 6) is -1.01. The second-order valence-electron chi connectivity index (χ2n) is 3.40. The molecule has 0 radical (unpaired) electrons. The number of methoxy groups -OCH3 is 1. The average molecular weight is 309 g/mol. The van der Waals surface area contributed by atoms with Crippen LogP contribution in [0.1, 0.15) is 6.92 Å². The van der Waals surface area contributed by atoms with Gasteiger partial charge in [0, 0.05) is 29.4 Å². The molecular weight excluding hydrogens is 300 g/mol. The van der Waals surface area contributed by atoms with Gasteiger partial charge in [-0.05, 0) is 6.07 Å². The first-order chi connectivity index (χ1) is 8.66. The highest BCUT2D eigenvalue weighted by atomic mass is 35.7. The normalized spacial score (nSPS) is 10.9. The topological polar surface area (TPSA) is 116 Å². The molecular formula is C9H9ClN2O6S. The molecule has 0 saturated heterocycles. The van der Waals surface area contributed by atoms with Crippen LogP contribution in [0.15, 0.2) is 17.0 Å². The number of nitrogens with one attached hydrogen (secondary N) is 1. The van der Waals surface area contributed by atoms with Gasteiger partial charge < -0.3 is 10.1 Å². The molecule has 10 heteroatoms. The number of nitro benzene ring substituents is 1. The number of nitrogens with zero attached hydrogens (tertiary/aromatic N) is 1. The maximum Gasteiger partial charge on any atom is 0.314 e. The fourth-order valence-corrected chi connectivity index (χ4v) is 2.41. The molecule has 104 valence electrons. The van der Waals surface area contributed by atoms with E-state index in [9.17, 15) is 23.3 Å². The fourth-order valence-electron chi connectivity index (χ4n) is 1.38. The highest BCUT2D eigenvalue weighted by Crippen LogP contribution is 2.38. The Labute approximate surface area is 112 Å². The number of anilines is 1. The van der Waals surface area contributed by atoms with Crippen LogP contribution in [0.4, 0.5) is 11.4 Å². The molecule has 0 heterocycles. The fraction of sp³-hybridized carbons (Fsp3) is 0.222. The number of hydrogen-bond donors (Lipinski definition) is 1. The monoisotopic (exact) mass is 308 g/mol. The summed E-state index contributed by atoms with van der Waals surface area (Å²) < 4.78 is 27.5. The standard InChI is InChI=1S/C9H9ClN2O6S/c1-5(13)11-6-3-7(12(14)15)9(18-2)8(4-6)19(10,16)17/h3-4H,1-2H3,(H,11,13). The number of hydrogen-bond acceptors (Lipinski definition) is 6. The number of nitro groups is 1. The number of amides is 1. The number of ether oxygens (including phenoxy) is 1. The van der Waals surface area contributed by atoms with Crippen LogP contribution in [-0.4, -0.2) is 26.4 Å². The van der Waals surface area contributed by atoms with Crippen LogP contribution in [0, 0.1) is 10.1 Å². The Morgan fingerprint density at radius 2 is 2.05 bits per heavy atom. The molecule has 0 atom stereocenters. The minimum absolute atomic E-state index is 0.0702. The molecule has 0 bridgehead atoms. The molecule has 0 aliphatic heterocycles. The highest BCUT2D eigenvalue weighted by molar-refractivity contribution is 8.13. The lowest BCUT2D eigenvalue weighted by molar-refractivity contribution is -0.385. The quantitative estimate of drug-likeness (QED) is 0.512. The van der Waals surface area contributed by atoms with Crippen molar-refractivity contribution >= 4 is 37.0 Å². The van der Waals surface area contributed by atoms with Gasteiger partial charge in [-0.3, -0.25) is 14.9 Å². The summed E-state index contributed by atoms with van der Waals surface area (Å²) in [6.45, 7) is 1.17. The van der Waals surface area contributed by atoms with Crippen molar-refractivity contribution in [2.24, 2.45) is 0 Å². The number of carbonyl (C=O) groups is 1. The number of rotatable bonds is 4. The molecule has 0 aliphatic carbocycles. The molecule has 1 N–H and O–H groups in total. The lowest BCUT2D eigenvalue weighted by Gasteiger charge is -2.09. The lowest BCUT2D eigenvalue weighted by Crippen LogP contribution is -2.08. The molecule has 0 aliphatic rings. The van der Waals surface area contributed by atoms with Gasteiger partial charge in [0.05, 0.1) is 12.0 Å². The summed E-state index contributed by atoms with van der Waals surface area (Å²) in [6, 6.07) is 1.96. The molecule has 8 nitrogen and oxygen atoms in total. The lowest BCUT2D eigenvalue weighted by atomic mass is 10.2. The van der Waals surface area contributed by atoms with E-state index < -0.39 is 36.2 Å². The zero-order chi connectivity index (χ0) is 14.8. The second kappa shape index (κ2) is 5.41. The molecule has 0 spiro atoms. The predicted molar refractivity (Wildman–Crippen MR) is 67.0 cm³/mol. The highest BCUT2D eigenvalue weighted by Gasteiger charge is 2.27. The zero-order valence-corrected chi connectivity index (χ0v) is 11.4. The Morgan fingerprint density at radius 3 is 2.42 bits per heavy atom. The Kier molecular flexibility index (Phi) is 4.32. The third-order valence-electron chi connectivity index (χ3n) is 2.02. The average Bonchev–Trinajstić information content (AvgIpc) is 2.25. The van der Waals surface area contributed by atoms with E-state index in [1.54, 1.807) is 0 Å². The van der Waals surface area contributed by atoms with Crippen LogP contribution in [-0.2, 0) is 13.8 Å². The minimum Gasteiger partial charge on any atom is -0.489 e. The van der Waals surface area contributed by atoms with Crippen molar-refractivity contribution in [3.8, 4) is 5.75 Å². The molecule has 0 saturated carbocycles. The van der Waals surface area contributed by atoms with Crippen LogP contribution in [0.25, 0.3) is 0 Å². The molecule has 0 aromatic heterocycles. The number of benzene rings is 1. The Bertz CT molecular complexity index is 642. The molecule has 0 fully saturated rings. The summed E-state index contributed by atoms with van der Waals surface area (Å²) in [4.78, 5) is 20.4. The van der Waals surface area contributed by atoms with E-state index in [1.165, 1.54) is 6.92 Å². The van der Waals surface area contributed by atoms with E-state index in [4.69, 9.17) is 15.4 Å². The molecule has 19 heavy (non-hydrogen) atoms. The van der Waals surface area contributed by atoms with Crippen molar-refractivity contribution in [2.45, 2.75) is 11.8 Å². The van der Waals surface area contributed by atoms with Crippen molar-refractivity contribution in [2.75, 3.05) is 12.4 Å². The van der Waals surface area contributed by atoms with Crippen molar-refractivity contribution in [1.29, 1.82) is 0 Å².